The van der Waals surface area contributed by atoms with Crippen LogP contribution in [0.2, 0.25) is 0 Å². The predicted octanol–water partition coefficient (Wildman–Crippen LogP) is 0.858. The lowest BCUT2D eigenvalue weighted by atomic mass is 9.95. The Morgan fingerprint density at radius 1 is 0.964 bits per heavy atom. The molecule has 2 atom stereocenters. The Morgan fingerprint density at radius 2 is 1.64 bits per heavy atom. The molecule has 28 heavy (non-hydrogen) atoms. The highest BCUT2D eigenvalue weighted by molar-refractivity contribution is 6.07. The first-order valence-corrected chi connectivity index (χ1v) is 8.30. The summed E-state index contributed by atoms with van der Waals surface area (Å²) in [6.07, 6.45) is 1.06. The first-order valence-electron chi connectivity index (χ1n) is 8.30. The maximum absolute atomic E-state index is 12.8. The molecule has 9 heteroatoms. The minimum Gasteiger partial charge on any atom is -0.469 e. The third kappa shape index (κ3) is 4.61. The summed E-state index contributed by atoms with van der Waals surface area (Å²) in [6.45, 7) is 0. The summed E-state index contributed by atoms with van der Waals surface area (Å²) in [5.74, 6) is -4.49. The Balaban J connectivity index is 2.39. The second-order valence-corrected chi connectivity index (χ2v) is 5.76. The second kappa shape index (κ2) is 9.45. The van der Waals surface area contributed by atoms with E-state index in [9.17, 15) is 19.2 Å². The van der Waals surface area contributed by atoms with Crippen molar-refractivity contribution in [2.75, 3.05) is 21.3 Å². The first kappa shape index (κ1) is 20.8. The number of methoxy groups -OCH3 is 3. The molecule has 2 rings (SSSR count). The number of rotatable bonds is 7. The Bertz CT molecular complexity index is 891. The molecule has 0 aliphatic heterocycles. The molecule has 0 unspecified atom stereocenters. The normalized spacial score (nSPS) is 12.5. The SMILES string of the molecule is COC(=O)C[C@@H](C(=O)OC)[C@@H](NC(=O)c1cccc2cccnc12)C(=O)OC. The van der Waals surface area contributed by atoms with E-state index < -0.39 is 42.2 Å². The van der Waals surface area contributed by atoms with Crippen LogP contribution in [0, 0.1) is 5.92 Å². The fourth-order valence-corrected chi connectivity index (χ4v) is 2.71. The molecule has 148 valence electrons. The number of aromatic nitrogens is 1. The van der Waals surface area contributed by atoms with Gasteiger partial charge >= 0.3 is 17.9 Å². The number of carbonyl (C=O) groups is 4. The summed E-state index contributed by atoms with van der Waals surface area (Å²) in [7, 11) is 3.36. The molecule has 0 radical (unpaired) electrons. The quantitative estimate of drug-likeness (QED) is 0.548. The predicted molar refractivity (Wildman–Crippen MR) is 97.2 cm³/mol. The summed E-state index contributed by atoms with van der Waals surface area (Å²) in [5.41, 5.74) is 0.627. The number of fused-ring (bicyclic) bond motifs is 1. The second-order valence-electron chi connectivity index (χ2n) is 5.76. The van der Waals surface area contributed by atoms with Gasteiger partial charge < -0.3 is 19.5 Å². The van der Waals surface area contributed by atoms with Crippen molar-refractivity contribution in [2.24, 2.45) is 5.92 Å². The maximum atomic E-state index is 12.8. The van der Waals surface area contributed by atoms with Gasteiger partial charge in [-0.2, -0.15) is 0 Å². The van der Waals surface area contributed by atoms with Crippen molar-refractivity contribution in [2.45, 2.75) is 12.5 Å². The third-order valence-electron chi connectivity index (χ3n) is 4.14. The van der Waals surface area contributed by atoms with Gasteiger partial charge in [0.15, 0.2) is 0 Å². The molecule has 0 aliphatic rings. The largest absolute Gasteiger partial charge is 0.469 e. The van der Waals surface area contributed by atoms with Gasteiger partial charge in [0.25, 0.3) is 5.91 Å². The number of benzene rings is 1. The van der Waals surface area contributed by atoms with Gasteiger partial charge in [-0.3, -0.25) is 19.4 Å². The van der Waals surface area contributed by atoms with Gasteiger partial charge in [0.2, 0.25) is 0 Å². The highest BCUT2D eigenvalue weighted by Gasteiger charge is 2.39. The van der Waals surface area contributed by atoms with Crippen molar-refractivity contribution in [3.63, 3.8) is 0 Å². The maximum Gasteiger partial charge on any atom is 0.329 e. The van der Waals surface area contributed by atoms with Crippen molar-refractivity contribution < 1.29 is 33.4 Å². The molecule has 0 aliphatic carbocycles. The number of hydrogen-bond acceptors (Lipinski definition) is 8. The van der Waals surface area contributed by atoms with Gasteiger partial charge in [-0.25, -0.2) is 4.79 Å². The van der Waals surface area contributed by atoms with E-state index in [0.29, 0.717) is 5.52 Å². The van der Waals surface area contributed by atoms with Crippen LogP contribution in [0.1, 0.15) is 16.8 Å². The van der Waals surface area contributed by atoms with Gasteiger partial charge in [0, 0.05) is 11.6 Å². The van der Waals surface area contributed by atoms with Crippen LogP contribution in [0.15, 0.2) is 36.5 Å². The van der Waals surface area contributed by atoms with Crippen LogP contribution >= 0.6 is 0 Å². The van der Waals surface area contributed by atoms with E-state index in [4.69, 9.17) is 4.74 Å². The highest BCUT2D eigenvalue weighted by atomic mass is 16.5. The van der Waals surface area contributed by atoms with Gasteiger partial charge in [-0.05, 0) is 12.1 Å². The average molecular weight is 388 g/mol. The Kier molecular flexibility index (Phi) is 7.02. The van der Waals surface area contributed by atoms with Gasteiger partial charge in [-0.1, -0.05) is 18.2 Å². The van der Waals surface area contributed by atoms with E-state index in [1.165, 1.54) is 12.3 Å². The fraction of sp³-hybridized carbons (Fsp3) is 0.316. The molecule has 2 aromatic rings. The van der Waals surface area contributed by atoms with Crippen molar-refractivity contribution in [1.29, 1.82) is 0 Å². The fourth-order valence-electron chi connectivity index (χ4n) is 2.71. The zero-order valence-corrected chi connectivity index (χ0v) is 15.6. The third-order valence-corrected chi connectivity index (χ3v) is 4.14. The summed E-state index contributed by atoms with van der Waals surface area (Å²) < 4.78 is 13.9. The van der Waals surface area contributed by atoms with Crippen LogP contribution in [0.25, 0.3) is 10.9 Å². The number of ether oxygens (including phenoxy) is 3. The van der Waals surface area contributed by atoms with Gasteiger partial charge in [0.05, 0.1) is 44.7 Å². The summed E-state index contributed by atoms with van der Waals surface area (Å²) in [4.78, 5) is 53.1. The van der Waals surface area contributed by atoms with Crippen LogP contribution in [-0.4, -0.2) is 56.2 Å². The molecule has 1 aromatic heterocycles. The Labute approximate surface area is 161 Å². The van der Waals surface area contributed by atoms with Crippen LogP contribution < -0.4 is 5.32 Å². The minimum atomic E-state index is -1.46. The molecule has 0 saturated carbocycles. The molecular weight excluding hydrogens is 368 g/mol. The lowest BCUT2D eigenvalue weighted by Crippen LogP contribution is -2.50. The van der Waals surface area contributed by atoms with Crippen molar-refractivity contribution in [1.82, 2.24) is 10.3 Å². The number of amides is 1. The molecule has 0 fully saturated rings. The van der Waals surface area contributed by atoms with Crippen LogP contribution in [0.3, 0.4) is 0 Å². The number of hydrogen-bond donors (Lipinski definition) is 1. The molecule has 0 saturated heterocycles. The lowest BCUT2D eigenvalue weighted by Gasteiger charge is -2.23. The zero-order valence-electron chi connectivity index (χ0n) is 15.6. The zero-order chi connectivity index (χ0) is 20.7. The molecular formula is C19H20N2O7. The molecule has 0 spiro atoms. The molecule has 0 bridgehead atoms. The first-order chi connectivity index (χ1) is 13.4. The van der Waals surface area contributed by atoms with E-state index in [2.05, 4.69) is 19.8 Å². The number of nitrogens with one attached hydrogen (secondary N) is 1. The van der Waals surface area contributed by atoms with Crippen LogP contribution in [0.4, 0.5) is 0 Å². The number of nitrogens with zero attached hydrogens (tertiary/aromatic N) is 1. The summed E-state index contributed by atoms with van der Waals surface area (Å²) in [6, 6.07) is 7.04. The number of para-hydroxylation sites is 1. The van der Waals surface area contributed by atoms with Crippen LogP contribution in [-0.2, 0) is 28.6 Å². The average Bonchev–Trinajstić information content (AvgIpc) is 2.74. The van der Waals surface area contributed by atoms with Gasteiger partial charge in [0.1, 0.15) is 6.04 Å². The standard InChI is InChI=1S/C19H20N2O7/c1-26-14(22)10-13(18(24)27-2)16(19(25)28-3)21-17(23)12-8-4-6-11-7-5-9-20-15(11)12/h4-9,13,16H,10H2,1-3H3,(H,21,23)/t13-,16-/m1/s1. The van der Waals surface area contributed by atoms with Crippen molar-refractivity contribution in [3.05, 3.63) is 42.1 Å². The van der Waals surface area contributed by atoms with Crippen molar-refractivity contribution >= 4 is 34.7 Å². The van der Waals surface area contributed by atoms with E-state index in [1.54, 1.807) is 24.3 Å². The van der Waals surface area contributed by atoms with Crippen molar-refractivity contribution in [3.8, 4) is 0 Å². The number of esters is 3. The lowest BCUT2D eigenvalue weighted by molar-refractivity contribution is -0.158. The van der Waals surface area contributed by atoms with Crippen LogP contribution in [0.5, 0.6) is 0 Å². The van der Waals surface area contributed by atoms with E-state index >= 15 is 0 Å². The molecule has 9 nitrogen and oxygen atoms in total. The van der Waals surface area contributed by atoms with Gasteiger partial charge in [-0.15, -0.1) is 0 Å². The monoisotopic (exact) mass is 388 g/mol. The molecule has 1 amide bonds. The molecule has 1 heterocycles. The van der Waals surface area contributed by atoms with E-state index in [0.717, 1.165) is 26.7 Å². The van der Waals surface area contributed by atoms with E-state index in [1.807, 2.05) is 0 Å². The Morgan fingerprint density at radius 3 is 2.29 bits per heavy atom. The smallest absolute Gasteiger partial charge is 0.329 e. The van der Waals surface area contributed by atoms with E-state index in [-0.39, 0.29) is 5.56 Å². The number of pyridine rings is 1. The summed E-state index contributed by atoms with van der Waals surface area (Å²) in [5, 5.41) is 3.18. The molecule has 1 N–H and O–H groups in total. The Hall–Kier alpha value is -3.49. The summed E-state index contributed by atoms with van der Waals surface area (Å²) >= 11 is 0. The number of carbonyl (C=O) groups excluding carboxylic acids is 4. The minimum absolute atomic E-state index is 0.202. The highest BCUT2D eigenvalue weighted by Crippen LogP contribution is 2.18. The molecule has 1 aromatic carbocycles. The topological polar surface area (TPSA) is 121 Å².